The maximum Gasteiger partial charge on any atom is 0.228 e. The van der Waals surface area contributed by atoms with Gasteiger partial charge in [-0.3, -0.25) is 14.5 Å². The molecule has 1 amide bonds. The lowest BCUT2D eigenvalue weighted by Gasteiger charge is -2.18. The predicted octanol–water partition coefficient (Wildman–Crippen LogP) is 6.55. The van der Waals surface area contributed by atoms with Gasteiger partial charge in [-0.25, -0.2) is 4.39 Å². The van der Waals surface area contributed by atoms with Crippen molar-refractivity contribution in [3.63, 3.8) is 0 Å². The van der Waals surface area contributed by atoms with Crippen LogP contribution in [0.3, 0.4) is 0 Å². The van der Waals surface area contributed by atoms with Crippen molar-refractivity contribution >= 4 is 40.2 Å². The summed E-state index contributed by atoms with van der Waals surface area (Å²) in [6, 6.07) is 19.4. The molecule has 5 rings (SSSR count). The number of pyridine rings is 1. The van der Waals surface area contributed by atoms with Gasteiger partial charge in [-0.2, -0.15) is 5.10 Å². The summed E-state index contributed by atoms with van der Waals surface area (Å²) in [7, 11) is -2.88. The number of carbonyl (C=O) groups is 1. The SMILES string of the molecule is Cc1cc(CC(=O)Nc2cnn(C(C)(C)C)c2)cc(F)c1Oc1ccnc2ccc([P@@](C)(=O)c3ccccc3)cc12. The van der Waals surface area contributed by atoms with E-state index in [0.717, 1.165) is 5.30 Å². The van der Waals surface area contributed by atoms with Gasteiger partial charge in [-0.15, -0.1) is 0 Å². The third kappa shape index (κ3) is 6.08. The molecule has 0 bridgehead atoms. The lowest BCUT2D eigenvalue weighted by Crippen LogP contribution is -2.22. The summed E-state index contributed by atoms with van der Waals surface area (Å²) in [5.74, 6) is -0.407. The quantitative estimate of drug-likeness (QED) is 0.224. The average Bonchev–Trinajstić information content (AvgIpc) is 3.40. The van der Waals surface area contributed by atoms with E-state index in [4.69, 9.17) is 4.74 Å². The minimum atomic E-state index is -2.88. The van der Waals surface area contributed by atoms with Crippen LogP contribution < -0.4 is 20.7 Å². The lowest BCUT2D eigenvalue weighted by molar-refractivity contribution is -0.115. The van der Waals surface area contributed by atoms with Gasteiger partial charge in [0.05, 0.1) is 29.4 Å². The second-order valence-electron chi connectivity index (χ2n) is 11.2. The molecular formula is C32H32FN4O3P. The highest BCUT2D eigenvalue weighted by Crippen LogP contribution is 2.41. The van der Waals surface area contributed by atoms with Crippen LogP contribution in [0.15, 0.2) is 85.3 Å². The van der Waals surface area contributed by atoms with E-state index in [1.165, 1.54) is 6.07 Å². The number of hydrogen-bond acceptors (Lipinski definition) is 5. The fourth-order valence-corrected chi connectivity index (χ4v) is 6.39. The standard InChI is InChI=1S/C32H32FN4O3P/c1-21-15-22(17-30(38)36-23-19-35-37(20-23)32(2,3)4)16-27(33)31(21)40-29-13-14-34-28-12-11-25(18-26(28)29)41(5,39)24-9-7-6-8-10-24/h6-16,18-20H,17H2,1-5H3,(H,36,38)/t41-/m0/s1. The molecule has 210 valence electrons. The molecule has 1 N–H and O–H groups in total. The first kappa shape index (κ1) is 28.2. The first-order valence-corrected chi connectivity index (χ1v) is 15.4. The minimum absolute atomic E-state index is 0.00838. The number of nitrogens with zero attached hydrogens (tertiary/aromatic N) is 3. The van der Waals surface area contributed by atoms with Crippen molar-refractivity contribution in [1.29, 1.82) is 0 Å². The Bertz CT molecular complexity index is 1770. The molecule has 1 atom stereocenters. The number of halogens is 1. The van der Waals surface area contributed by atoms with E-state index in [1.54, 1.807) is 61.1 Å². The van der Waals surface area contributed by atoms with Gasteiger partial charge in [0, 0.05) is 28.4 Å². The van der Waals surface area contributed by atoms with Gasteiger partial charge in [0.15, 0.2) is 11.6 Å². The summed E-state index contributed by atoms with van der Waals surface area (Å²) in [5, 5.41) is 9.13. The molecule has 0 saturated heterocycles. The third-order valence-electron chi connectivity index (χ3n) is 6.85. The van der Waals surface area contributed by atoms with Crippen molar-refractivity contribution in [2.45, 2.75) is 39.7 Å². The normalized spacial score (nSPS) is 13.1. The number of anilines is 1. The smallest absolute Gasteiger partial charge is 0.228 e. The Morgan fingerprint density at radius 1 is 1.05 bits per heavy atom. The van der Waals surface area contributed by atoms with Crippen LogP contribution in [0.25, 0.3) is 10.9 Å². The maximum absolute atomic E-state index is 15.4. The largest absolute Gasteiger partial charge is 0.453 e. The summed E-state index contributed by atoms with van der Waals surface area (Å²) < 4.78 is 37.0. The van der Waals surface area contributed by atoms with E-state index in [1.807, 2.05) is 57.2 Å². The number of nitrogens with one attached hydrogen (secondary N) is 1. The van der Waals surface area contributed by atoms with Crippen LogP contribution in [-0.4, -0.2) is 27.3 Å². The average molecular weight is 571 g/mol. The van der Waals surface area contributed by atoms with E-state index in [2.05, 4.69) is 15.4 Å². The van der Waals surface area contributed by atoms with E-state index < -0.39 is 13.0 Å². The van der Waals surface area contributed by atoms with Crippen molar-refractivity contribution in [2.75, 3.05) is 12.0 Å². The number of carbonyl (C=O) groups excluding carboxylic acids is 1. The van der Waals surface area contributed by atoms with Crippen molar-refractivity contribution in [3.8, 4) is 11.5 Å². The molecule has 0 saturated carbocycles. The minimum Gasteiger partial charge on any atom is -0.453 e. The summed E-state index contributed by atoms with van der Waals surface area (Å²) in [5.41, 5.74) is 2.07. The Hall–Kier alpha value is -4.29. The van der Waals surface area contributed by atoms with Crippen LogP contribution in [0.5, 0.6) is 11.5 Å². The van der Waals surface area contributed by atoms with Gasteiger partial charge in [-0.05, 0) is 75.8 Å². The van der Waals surface area contributed by atoms with Crippen LogP contribution in [0.2, 0.25) is 0 Å². The molecule has 0 aliphatic rings. The van der Waals surface area contributed by atoms with Crippen molar-refractivity contribution in [2.24, 2.45) is 0 Å². The zero-order chi connectivity index (χ0) is 29.4. The number of benzene rings is 3. The monoisotopic (exact) mass is 570 g/mol. The second kappa shape index (κ2) is 10.9. The molecule has 2 heterocycles. The molecule has 5 aromatic rings. The Morgan fingerprint density at radius 2 is 1.80 bits per heavy atom. The zero-order valence-electron chi connectivity index (χ0n) is 23.7. The third-order valence-corrected chi connectivity index (χ3v) is 9.39. The molecule has 9 heteroatoms. The van der Waals surface area contributed by atoms with E-state index in [0.29, 0.717) is 38.8 Å². The predicted molar refractivity (Wildman–Crippen MR) is 162 cm³/mol. The summed E-state index contributed by atoms with van der Waals surface area (Å²) >= 11 is 0. The zero-order valence-corrected chi connectivity index (χ0v) is 24.6. The number of amides is 1. The lowest BCUT2D eigenvalue weighted by atomic mass is 10.1. The molecule has 7 nitrogen and oxygen atoms in total. The molecule has 0 radical (unpaired) electrons. The molecule has 0 spiro atoms. The fourth-order valence-electron chi connectivity index (χ4n) is 4.61. The van der Waals surface area contributed by atoms with Gasteiger partial charge in [0.2, 0.25) is 5.91 Å². The topological polar surface area (TPSA) is 86.1 Å². The Labute approximate surface area is 238 Å². The first-order valence-electron chi connectivity index (χ1n) is 13.3. The van der Waals surface area contributed by atoms with E-state index in [-0.39, 0.29) is 23.6 Å². The van der Waals surface area contributed by atoms with Crippen LogP contribution in [-0.2, 0) is 21.3 Å². The Balaban J connectivity index is 1.38. The molecule has 41 heavy (non-hydrogen) atoms. The van der Waals surface area contributed by atoms with Crippen molar-refractivity contribution < 1.29 is 18.5 Å². The fraction of sp³-hybridized carbons (Fsp3) is 0.219. The highest BCUT2D eigenvalue weighted by molar-refractivity contribution is 7.78. The van der Waals surface area contributed by atoms with Crippen LogP contribution in [0.4, 0.5) is 10.1 Å². The number of hydrogen-bond donors (Lipinski definition) is 1. The van der Waals surface area contributed by atoms with Crippen molar-refractivity contribution in [3.05, 3.63) is 102 Å². The maximum atomic E-state index is 15.4. The number of aryl methyl sites for hydroxylation is 1. The van der Waals surface area contributed by atoms with E-state index in [9.17, 15) is 9.36 Å². The Kier molecular flexibility index (Phi) is 7.54. The van der Waals surface area contributed by atoms with E-state index >= 15 is 4.39 Å². The number of aromatic nitrogens is 3. The van der Waals surface area contributed by atoms with Crippen LogP contribution >= 0.6 is 7.14 Å². The summed E-state index contributed by atoms with van der Waals surface area (Å²) in [6.07, 6.45) is 4.94. The molecule has 0 aliphatic carbocycles. The molecular weight excluding hydrogens is 538 g/mol. The number of rotatable bonds is 7. The van der Waals surface area contributed by atoms with Gasteiger partial charge >= 0.3 is 0 Å². The van der Waals surface area contributed by atoms with Crippen molar-refractivity contribution in [1.82, 2.24) is 14.8 Å². The summed E-state index contributed by atoms with van der Waals surface area (Å²) in [4.78, 5) is 17.1. The highest BCUT2D eigenvalue weighted by Gasteiger charge is 2.22. The molecule has 0 aliphatic heterocycles. The first-order chi connectivity index (χ1) is 19.4. The molecule has 0 unspecified atom stereocenters. The van der Waals surface area contributed by atoms with Gasteiger partial charge in [0.25, 0.3) is 0 Å². The number of ether oxygens (including phenoxy) is 1. The molecule has 2 aromatic heterocycles. The molecule has 3 aromatic carbocycles. The van der Waals surface area contributed by atoms with Crippen LogP contribution in [0, 0.1) is 12.7 Å². The highest BCUT2D eigenvalue weighted by atomic mass is 31.2. The summed E-state index contributed by atoms with van der Waals surface area (Å²) in [6.45, 7) is 9.51. The molecule has 0 fully saturated rings. The Morgan fingerprint density at radius 3 is 2.49 bits per heavy atom. The van der Waals surface area contributed by atoms with Gasteiger partial charge in [0.1, 0.15) is 12.9 Å². The van der Waals surface area contributed by atoms with Gasteiger partial charge in [-0.1, -0.05) is 36.4 Å². The van der Waals surface area contributed by atoms with Gasteiger partial charge < -0.3 is 14.6 Å². The second-order valence-corrected chi connectivity index (χ2v) is 14.0. The number of fused-ring (bicyclic) bond motifs is 1. The van der Waals surface area contributed by atoms with Crippen LogP contribution in [0.1, 0.15) is 31.9 Å².